The van der Waals surface area contributed by atoms with Crippen molar-refractivity contribution in [2.45, 2.75) is 51.2 Å². The van der Waals surface area contributed by atoms with Gasteiger partial charge in [0.15, 0.2) is 0 Å². The molecule has 1 saturated carbocycles. The van der Waals surface area contributed by atoms with Crippen LogP contribution < -0.4 is 9.62 Å². The number of anilines is 1. The Labute approximate surface area is 213 Å². The maximum Gasteiger partial charge on any atom is 0.244 e. The van der Waals surface area contributed by atoms with Crippen LogP contribution >= 0.6 is 22.6 Å². The molecular weight excluding hydrogens is 572 g/mol. The van der Waals surface area contributed by atoms with Crippen molar-refractivity contribution in [3.05, 3.63) is 63.5 Å². The monoisotopic (exact) mass is 601 g/mol. The molecule has 3 rings (SSSR count). The SMILES string of the molecule is CC(C(=O)NC1CCCC1)N(Cc1ccc(F)cc1)C(=O)CN(c1ccc(I)cc1)S(C)(=O)=O. The Bertz CT molecular complexity index is 1100. The van der Waals surface area contributed by atoms with Crippen LogP contribution in [-0.4, -0.2) is 50.0 Å². The summed E-state index contributed by atoms with van der Waals surface area (Å²) in [5.74, 6) is -1.22. The van der Waals surface area contributed by atoms with Crippen LogP contribution in [-0.2, 0) is 26.2 Å². The first kappa shape index (κ1) is 26.4. The Morgan fingerprint density at radius 3 is 2.24 bits per heavy atom. The molecule has 184 valence electrons. The summed E-state index contributed by atoms with van der Waals surface area (Å²) in [6.45, 7) is 1.21. The smallest absolute Gasteiger partial charge is 0.244 e. The minimum atomic E-state index is -3.77. The van der Waals surface area contributed by atoms with Crippen molar-refractivity contribution in [3.63, 3.8) is 0 Å². The summed E-state index contributed by atoms with van der Waals surface area (Å²) in [5.41, 5.74) is 0.997. The lowest BCUT2D eigenvalue weighted by atomic mass is 10.1. The second-order valence-corrected chi connectivity index (χ2v) is 11.7. The van der Waals surface area contributed by atoms with Gasteiger partial charge in [-0.2, -0.15) is 0 Å². The number of hydrogen-bond acceptors (Lipinski definition) is 4. The Balaban J connectivity index is 1.86. The molecule has 1 fully saturated rings. The molecule has 0 heterocycles. The van der Waals surface area contributed by atoms with Crippen molar-refractivity contribution in [2.75, 3.05) is 17.1 Å². The molecular formula is C24H29FIN3O4S. The third kappa shape index (κ3) is 7.14. The van der Waals surface area contributed by atoms with E-state index in [2.05, 4.69) is 27.9 Å². The highest BCUT2D eigenvalue weighted by Gasteiger charge is 2.31. The first-order chi connectivity index (χ1) is 16.0. The van der Waals surface area contributed by atoms with Crippen LogP contribution in [0, 0.1) is 9.39 Å². The number of carbonyl (C=O) groups is 2. The zero-order valence-corrected chi connectivity index (χ0v) is 22.2. The zero-order chi connectivity index (χ0) is 24.9. The highest BCUT2D eigenvalue weighted by atomic mass is 127. The van der Waals surface area contributed by atoms with Crippen LogP contribution in [0.5, 0.6) is 0 Å². The van der Waals surface area contributed by atoms with Gasteiger partial charge in [0.05, 0.1) is 11.9 Å². The van der Waals surface area contributed by atoms with E-state index in [1.165, 1.54) is 17.0 Å². The quantitative estimate of drug-likeness (QED) is 0.445. The molecule has 1 atom stereocenters. The normalized spacial score (nSPS) is 15.1. The maximum absolute atomic E-state index is 13.5. The van der Waals surface area contributed by atoms with Crippen LogP contribution in [0.25, 0.3) is 0 Å². The fourth-order valence-corrected chi connectivity index (χ4v) is 5.19. The van der Waals surface area contributed by atoms with Crippen molar-refractivity contribution in [3.8, 4) is 0 Å². The average molecular weight is 601 g/mol. The van der Waals surface area contributed by atoms with Crippen molar-refractivity contribution >= 4 is 50.1 Å². The fraction of sp³-hybridized carbons (Fsp3) is 0.417. The standard InChI is InChI=1S/C24H29FIN3O4S/c1-17(24(31)27-21-5-3-4-6-21)28(15-18-7-9-19(25)10-8-18)23(30)16-29(34(2,32)33)22-13-11-20(26)12-14-22/h7-14,17,21H,3-6,15-16H2,1-2H3,(H,27,31). The highest BCUT2D eigenvalue weighted by molar-refractivity contribution is 14.1. The van der Waals surface area contributed by atoms with Gasteiger partial charge in [0, 0.05) is 16.2 Å². The minimum absolute atomic E-state index is 0.0443. The lowest BCUT2D eigenvalue weighted by molar-refractivity contribution is -0.139. The molecule has 0 aromatic heterocycles. The van der Waals surface area contributed by atoms with E-state index in [4.69, 9.17) is 0 Å². The van der Waals surface area contributed by atoms with Gasteiger partial charge in [0.2, 0.25) is 21.8 Å². The van der Waals surface area contributed by atoms with Crippen molar-refractivity contribution in [1.29, 1.82) is 0 Å². The summed E-state index contributed by atoms with van der Waals surface area (Å²) in [5, 5.41) is 3.00. The van der Waals surface area contributed by atoms with E-state index >= 15 is 0 Å². The molecule has 0 bridgehead atoms. The Kier molecular flexibility index (Phi) is 8.91. The zero-order valence-electron chi connectivity index (χ0n) is 19.2. The van der Waals surface area contributed by atoms with Crippen molar-refractivity contribution < 1.29 is 22.4 Å². The summed E-state index contributed by atoms with van der Waals surface area (Å²) in [6, 6.07) is 11.7. The molecule has 1 aliphatic rings. The molecule has 1 N–H and O–H groups in total. The maximum atomic E-state index is 13.5. The average Bonchev–Trinajstić information content (AvgIpc) is 3.29. The predicted octanol–water partition coefficient (Wildman–Crippen LogP) is 3.67. The van der Waals surface area contributed by atoms with Gasteiger partial charge in [-0.1, -0.05) is 25.0 Å². The molecule has 0 saturated heterocycles. The van der Waals surface area contributed by atoms with Crippen molar-refractivity contribution in [1.82, 2.24) is 10.2 Å². The Hall–Kier alpha value is -2.21. The topological polar surface area (TPSA) is 86.8 Å². The first-order valence-corrected chi connectivity index (χ1v) is 14.0. The van der Waals surface area contributed by atoms with E-state index in [9.17, 15) is 22.4 Å². The van der Waals surface area contributed by atoms with Gasteiger partial charge in [-0.3, -0.25) is 13.9 Å². The summed E-state index contributed by atoms with van der Waals surface area (Å²) in [4.78, 5) is 27.8. The van der Waals surface area contributed by atoms with Crippen molar-refractivity contribution in [2.24, 2.45) is 0 Å². The number of sulfonamides is 1. The summed E-state index contributed by atoms with van der Waals surface area (Å²) in [6.07, 6.45) is 4.95. The number of halogens is 2. The van der Waals surface area contributed by atoms with Gasteiger partial charge in [-0.15, -0.1) is 0 Å². The third-order valence-electron chi connectivity index (χ3n) is 5.93. The molecule has 34 heavy (non-hydrogen) atoms. The number of amides is 2. The summed E-state index contributed by atoms with van der Waals surface area (Å²) < 4.78 is 40.4. The van der Waals surface area contributed by atoms with E-state index in [0.29, 0.717) is 11.3 Å². The largest absolute Gasteiger partial charge is 0.352 e. The van der Waals surface area contributed by atoms with Gasteiger partial charge >= 0.3 is 0 Å². The number of rotatable bonds is 9. The van der Waals surface area contributed by atoms with Crippen LogP contribution in [0.15, 0.2) is 48.5 Å². The van der Waals surface area contributed by atoms with E-state index in [1.54, 1.807) is 43.3 Å². The number of nitrogens with zero attached hydrogens (tertiary/aromatic N) is 2. The molecule has 0 radical (unpaired) electrons. The van der Waals surface area contributed by atoms with Crippen LogP contribution in [0.3, 0.4) is 0 Å². The fourth-order valence-electron chi connectivity index (χ4n) is 3.98. The van der Waals surface area contributed by atoms with Crippen LogP contribution in [0.1, 0.15) is 38.2 Å². The van der Waals surface area contributed by atoms with E-state index in [-0.39, 0.29) is 18.5 Å². The van der Waals surface area contributed by atoms with Gasteiger partial charge < -0.3 is 10.2 Å². The van der Waals surface area contributed by atoms with Crippen LogP contribution in [0.2, 0.25) is 0 Å². The molecule has 2 amide bonds. The molecule has 7 nitrogen and oxygen atoms in total. The van der Waals surface area contributed by atoms with E-state index < -0.39 is 34.3 Å². The molecule has 0 aliphatic heterocycles. The lowest BCUT2D eigenvalue weighted by Gasteiger charge is -2.32. The number of hydrogen-bond donors (Lipinski definition) is 1. The molecule has 2 aromatic rings. The minimum Gasteiger partial charge on any atom is -0.352 e. The van der Waals surface area contributed by atoms with Crippen LogP contribution in [0.4, 0.5) is 10.1 Å². The first-order valence-electron chi connectivity index (χ1n) is 11.1. The molecule has 1 unspecified atom stereocenters. The summed E-state index contributed by atoms with van der Waals surface area (Å²) in [7, 11) is -3.77. The highest BCUT2D eigenvalue weighted by Crippen LogP contribution is 2.21. The van der Waals surface area contributed by atoms with Gasteiger partial charge in [-0.25, -0.2) is 12.8 Å². The molecule has 2 aromatic carbocycles. The Morgan fingerprint density at radius 1 is 1.09 bits per heavy atom. The van der Waals surface area contributed by atoms with E-state index in [0.717, 1.165) is 39.8 Å². The molecule has 0 spiro atoms. The predicted molar refractivity (Wildman–Crippen MR) is 138 cm³/mol. The van der Waals surface area contributed by atoms with Gasteiger partial charge in [-0.05, 0) is 84.3 Å². The Morgan fingerprint density at radius 2 is 1.68 bits per heavy atom. The van der Waals surface area contributed by atoms with Gasteiger partial charge in [0.1, 0.15) is 18.4 Å². The van der Waals surface area contributed by atoms with Gasteiger partial charge in [0.25, 0.3) is 0 Å². The summed E-state index contributed by atoms with van der Waals surface area (Å²) >= 11 is 2.11. The van der Waals surface area contributed by atoms with E-state index in [1.807, 2.05) is 0 Å². The molecule has 10 heteroatoms. The lowest BCUT2D eigenvalue weighted by Crippen LogP contribution is -2.52. The number of nitrogens with one attached hydrogen (secondary N) is 1. The number of benzene rings is 2. The molecule has 1 aliphatic carbocycles. The second kappa shape index (κ2) is 11.5. The third-order valence-corrected chi connectivity index (χ3v) is 7.79. The number of carbonyl (C=O) groups excluding carboxylic acids is 2. The second-order valence-electron chi connectivity index (χ2n) is 8.56.